The molecule has 11 heteroatoms. The van der Waals surface area contributed by atoms with Gasteiger partial charge >= 0.3 is 0 Å². The van der Waals surface area contributed by atoms with Crippen molar-refractivity contribution in [3.63, 3.8) is 0 Å². The smallest absolute Gasteiger partial charge is 0.240 e. The Labute approximate surface area is 194 Å². The van der Waals surface area contributed by atoms with Gasteiger partial charge in [-0.1, -0.05) is 52.5 Å². The summed E-state index contributed by atoms with van der Waals surface area (Å²) in [5.74, 6) is 0.944. The van der Waals surface area contributed by atoms with Crippen molar-refractivity contribution in [2.24, 2.45) is 0 Å². The molecular weight excluding hydrogens is 498 g/mol. The third kappa shape index (κ3) is 7.74. The Morgan fingerprint density at radius 3 is 2.21 bits per heavy atom. The molecule has 29 heavy (non-hydrogen) atoms. The number of benzene rings is 2. The van der Waals surface area contributed by atoms with E-state index in [-0.39, 0.29) is 17.3 Å². The Balaban J connectivity index is 1.85. The van der Waals surface area contributed by atoms with Crippen LogP contribution in [0, 0.1) is 0 Å². The number of hydrogen-bond acceptors (Lipinski definition) is 4. The van der Waals surface area contributed by atoms with E-state index in [1.54, 1.807) is 23.9 Å². The molecule has 0 aliphatic heterocycles. The van der Waals surface area contributed by atoms with Gasteiger partial charge < -0.3 is 5.32 Å². The molecule has 0 radical (unpaired) electrons. The fraction of sp³-hybridized carbons (Fsp3) is 0.278. The summed E-state index contributed by atoms with van der Waals surface area (Å²) in [6.07, 6.45) is 1.02. The lowest BCUT2D eigenvalue weighted by Gasteiger charge is -2.22. The number of halogens is 4. The second kappa shape index (κ2) is 11.0. The predicted octanol–water partition coefficient (Wildman–Crippen LogP) is 5.12. The fourth-order valence-corrected chi connectivity index (χ4v) is 4.58. The lowest BCUT2D eigenvalue weighted by molar-refractivity contribution is -0.119. The lowest BCUT2D eigenvalue weighted by atomic mass is 10.2. The number of nitrogens with one attached hydrogen (secondary N) is 1. The summed E-state index contributed by atoms with van der Waals surface area (Å²) in [6.45, 7) is 0.0397. The first-order valence-corrected chi connectivity index (χ1v) is 12.8. The number of hydrogen-bond donors (Lipinski definition) is 1. The topological polar surface area (TPSA) is 66.5 Å². The number of carbonyl (C=O) groups is 1. The maximum absolute atomic E-state index is 12.2. The average molecular weight is 516 g/mol. The van der Waals surface area contributed by atoms with Crippen molar-refractivity contribution in [3.8, 4) is 0 Å². The van der Waals surface area contributed by atoms with Gasteiger partial charge in [-0.3, -0.25) is 9.10 Å². The van der Waals surface area contributed by atoms with Gasteiger partial charge in [-0.05, 0) is 35.9 Å². The van der Waals surface area contributed by atoms with Crippen LogP contribution in [0.1, 0.15) is 5.56 Å². The molecule has 158 valence electrons. The number of amides is 1. The van der Waals surface area contributed by atoms with Crippen LogP contribution < -0.4 is 9.62 Å². The van der Waals surface area contributed by atoms with Gasteiger partial charge in [0.1, 0.15) is 6.54 Å². The number of thioether (sulfide) groups is 1. The van der Waals surface area contributed by atoms with Crippen LogP contribution in [0.4, 0.5) is 5.69 Å². The average Bonchev–Trinajstić information content (AvgIpc) is 2.64. The summed E-state index contributed by atoms with van der Waals surface area (Å²) in [6, 6.07) is 9.82. The first kappa shape index (κ1) is 24.4. The Morgan fingerprint density at radius 1 is 1.00 bits per heavy atom. The molecule has 1 amide bonds. The molecule has 0 spiro atoms. The largest absolute Gasteiger partial charge is 0.354 e. The minimum Gasteiger partial charge on any atom is -0.354 e. The van der Waals surface area contributed by atoms with E-state index < -0.39 is 15.9 Å². The molecule has 2 aromatic carbocycles. The maximum Gasteiger partial charge on any atom is 0.240 e. The summed E-state index contributed by atoms with van der Waals surface area (Å²) in [7, 11) is -3.68. The molecule has 0 aromatic heterocycles. The van der Waals surface area contributed by atoms with Crippen LogP contribution in [0.25, 0.3) is 0 Å². The van der Waals surface area contributed by atoms with E-state index in [0.29, 0.717) is 33.1 Å². The van der Waals surface area contributed by atoms with Gasteiger partial charge in [0.25, 0.3) is 0 Å². The summed E-state index contributed by atoms with van der Waals surface area (Å²) in [5.41, 5.74) is 1.30. The highest BCUT2D eigenvalue weighted by atomic mass is 35.5. The molecule has 1 N–H and O–H groups in total. The molecule has 0 aliphatic rings. The first-order valence-electron chi connectivity index (χ1n) is 8.29. The van der Waals surface area contributed by atoms with Crippen molar-refractivity contribution >= 4 is 79.8 Å². The third-order valence-corrected chi connectivity index (χ3v) is 7.35. The van der Waals surface area contributed by atoms with Crippen LogP contribution in [0.2, 0.25) is 20.1 Å². The van der Waals surface area contributed by atoms with Crippen LogP contribution in [0.3, 0.4) is 0 Å². The maximum atomic E-state index is 12.2. The molecular formula is C18H18Cl4N2O3S2. The molecule has 2 aromatic rings. The van der Waals surface area contributed by atoms with Crippen molar-refractivity contribution in [2.45, 2.75) is 5.75 Å². The fourth-order valence-electron chi connectivity index (χ4n) is 2.31. The zero-order chi connectivity index (χ0) is 21.6. The summed E-state index contributed by atoms with van der Waals surface area (Å²) < 4.78 is 25.2. The van der Waals surface area contributed by atoms with E-state index in [1.165, 1.54) is 18.2 Å². The molecule has 0 heterocycles. The van der Waals surface area contributed by atoms with E-state index in [0.717, 1.165) is 16.1 Å². The predicted molar refractivity (Wildman–Crippen MR) is 124 cm³/mol. The van der Waals surface area contributed by atoms with Crippen LogP contribution in [0.15, 0.2) is 36.4 Å². The van der Waals surface area contributed by atoms with Crippen molar-refractivity contribution < 1.29 is 13.2 Å². The van der Waals surface area contributed by atoms with Gasteiger partial charge in [-0.2, -0.15) is 11.8 Å². The number of rotatable bonds is 9. The van der Waals surface area contributed by atoms with Gasteiger partial charge in [0.2, 0.25) is 15.9 Å². The summed E-state index contributed by atoms with van der Waals surface area (Å²) >= 11 is 25.3. The van der Waals surface area contributed by atoms with Crippen molar-refractivity contribution in [1.29, 1.82) is 0 Å². The molecule has 0 aliphatic carbocycles. The monoisotopic (exact) mass is 514 g/mol. The zero-order valence-corrected chi connectivity index (χ0v) is 19.9. The molecule has 2 rings (SSSR count). The molecule has 0 saturated carbocycles. The van der Waals surface area contributed by atoms with Gasteiger partial charge in [0.15, 0.2) is 0 Å². The van der Waals surface area contributed by atoms with Crippen LogP contribution in [0.5, 0.6) is 0 Å². The van der Waals surface area contributed by atoms with Crippen molar-refractivity contribution in [1.82, 2.24) is 5.32 Å². The van der Waals surface area contributed by atoms with Crippen LogP contribution in [-0.4, -0.2) is 39.4 Å². The Hall–Kier alpha value is -0.830. The van der Waals surface area contributed by atoms with E-state index in [2.05, 4.69) is 5.32 Å². The van der Waals surface area contributed by atoms with Crippen LogP contribution in [-0.2, 0) is 20.6 Å². The molecule has 0 unspecified atom stereocenters. The van der Waals surface area contributed by atoms with Crippen molar-refractivity contribution in [3.05, 3.63) is 62.1 Å². The minimum atomic E-state index is -3.68. The van der Waals surface area contributed by atoms with E-state index in [4.69, 9.17) is 46.4 Å². The molecule has 0 saturated heterocycles. The minimum absolute atomic E-state index is 0.205. The van der Waals surface area contributed by atoms with Crippen molar-refractivity contribution in [2.75, 3.05) is 29.4 Å². The zero-order valence-electron chi connectivity index (χ0n) is 15.3. The summed E-state index contributed by atoms with van der Waals surface area (Å²) in [4.78, 5) is 12.2. The first-order chi connectivity index (χ1) is 13.6. The quantitative estimate of drug-likeness (QED) is 0.471. The number of carbonyl (C=O) groups excluding carboxylic acids is 1. The molecule has 0 fully saturated rings. The second-order valence-electron chi connectivity index (χ2n) is 6.02. The number of anilines is 1. The number of nitrogens with zero attached hydrogens (tertiary/aromatic N) is 1. The SMILES string of the molecule is CS(=O)(=O)N(CC(=O)NCCSCc1ccc(Cl)c(Cl)c1)c1ccc(Cl)c(Cl)c1. The highest BCUT2D eigenvalue weighted by Crippen LogP contribution is 2.28. The summed E-state index contributed by atoms with van der Waals surface area (Å²) in [5, 5.41) is 4.23. The highest BCUT2D eigenvalue weighted by Gasteiger charge is 2.21. The van der Waals surface area contributed by atoms with Gasteiger partial charge in [-0.15, -0.1) is 0 Å². The highest BCUT2D eigenvalue weighted by molar-refractivity contribution is 7.98. The van der Waals surface area contributed by atoms with Gasteiger partial charge in [-0.25, -0.2) is 8.42 Å². The normalized spacial score (nSPS) is 11.3. The molecule has 0 atom stereocenters. The van der Waals surface area contributed by atoms with E-state index in [9.17, 15) is 13.2 Å². The Kier molecular flexibility index (Phi) is 9.25. The lowest BCUT2D eigenvalue weighted by Crippen LogP contribution is -2.41. The Bertz CT molecular complexity index is 987. The molecule has 0 bridgehead atoms. The molecule has 5 nitrogen and oxygen atoms in total. The van der Waals surface area contributed by atoms with Crippen LogP contribution >= 0.6 is 58.2 Å². The third-order valence-electron chi connectivity index (χ3n) is 3.70. The van der Waals surface area contributed by atoms with E-state index in [1.807, 2.05) is 6.07 Å². The Morgan fingerprint density at radius 2 is 1.62 bits per heavy atom. The van der Waals surface area contributed by atoms with E-state index >= 15 is 0 Å². The standard InChI is InChI=1S/C18H18Cl4N2O3S2/c1-29(26,27)24(13-3-5-15(20)17(22)9-13)10-18(25)23-6-7-28-11-12-2-4-14(19)16(21)8-12/h2-5,8-9H,6-7,10-11H2,1H3,(H,23,25). The van der Waals surface area contributed by atoms with Gasteiger partial charge in [0, 0.05) is 18.1 Å². The van der Waals surface area contributed by atoms with Gasteiger partial charge in [0.05, 0.1) is 32.0 Å². The second-order valence-corrected chi connectivity index (χ2v) is 10.7. The number of sulfonamides is 1.